The number of aromatic nitrogens is 2. The summed E-state index contributed by atoms with van der Waals surface area (Å²) in [5.74, 6) is 0.717. The Labute approximate surface area is 258 Å². The van der Waals surface area contributed by atoms with E-state index in [1.165, 1.54) is 0 Å². The maximum atomic E-state index is 13.8. The number of ketones is 1. The van der Waals surface area contributed by atoms with Crippen LogP contribution >= 0.6 is 11.6 Å². The second-order valence-electron chi connectivity index (χ2n) is 11.4. The molecular weight excluding hydrogens is 558 g/mol. The quantitative estimate of drug-likeness (QED) is 0.151. The number of Topliss-reactive ketones (excluding diaryl/α,β-unsaturated/α-hetero) is 1. The third kappa shape index (κ3) is 6.30. The fraction of sp³-hybridized carbons (Fsp3) is 0.306. The van der Waals surface area contributed by atoms with E-state index in [4.69, 9.17) is 16.3 Å². The number of carbonyl (C=O) groups excluding carboxylic acids is 2. The van der Waals surface area contributed by atoms with Gasteiger partial charge in [0.2, 0.25) is 5.91 Å². The third-order valence-corrected chi connectivity index (χ3v) is 8.90. The standard InChI is InChI=1S/C36H38ClN3O3/c1-21-16-28(17-22(2)35(21)37)43-15-9-14-30-29-12-8-13-31(34-23(3)39-40(6)24(34)4)32(29)19-33(30)36(42)38-20-26-10-7-11-27(18-26)25(5)41/h7-8,10-13,16-18H,9,14-15,19-20H2,1-6H3,(H,38,42). The largest absolute Gasteiger partial charge is 0.494 e. The molecule has 1 aromatic heterocycles. The molecule has 4 aromatic rings. The van der Waals surface area contributed by atoms with E-state index in [0.717, 1.165) is 78.7 Å². The average Bonchev–Trinajstić information content (AvgIpc) is 3.48. The number of benzene rings is 3. The Morgan fingerprint density at radius 1 is 1.00 bits per heavy atom. The van der Waals surface area contributed by atoms with Crippen LogP contribution in [0.4, 0.5) is 0 Å². The number of nitrogens with zero attached hydrogens (tertiary/aromatic N) is 2. The van der Waals surface area contributed by atoms with Crippen LogP contribution in [-0.2, 0) is 24.8 Å². The summed E-state index contributed by atoms with van der Waals surface area (Å²) in [6, 6.07) is 17.7. The predicted octanol–water partition coefficient (Wildman–Crippen LogP) is 7.66. The highest BCUT2D eigenvalue weighted by Crippen LogP contribution is 2.42. The van der Waals surface area contributed by atoms with Crippen molar-refractivity contribution in [3.8, 4) is 16.9 Å². The summed E-state index contributed by atoms with van der Waals surface area (Å²) < 4.78 is 8.02. The monoisotopic (exact) mass is 595 g/mol. The Morgan fingerprint density at radius 3 is 2.37 bits per heavy atom. The Balaban J connectivity index is 1.41. The van der Waals surface area contributed by atoms with Gasteiger partial charge in [-0.05, 0) is 105 Å². The number of nitrogens with one attached hydrogen (secondary N) is 1. The van der Waals surface area contributed by atoms with E-state index in [0.29, 0.717) is 31.6 Å². The van der Waals surface area contributed by atoms with Gasteiger partial charge in [-0.3, -0.25) is 14.3 Å². The van der Waals surface area contributed by atoms with Crippen LogP contribution in [0.1, 0.15) is 69.3 Å². The van der Waals surface area contributed by atoms with Gasteiger partial charge < -0.3 is 10.1 Å². The smallest absolute Gasteiger partial charge is 0.248 e. The molecule has 0 aliphatic heterocycles. The van der Waals surface area contributed by atoms with E-state index < -0.39 is 0 Å². The number of rotatable bonds is 10. The minimum absolute atomic E-state index is 0.00377. The molecule has 5 rings (SSSR count). The van der Waals surface area contributed by atoms with E-state index >= 15 is 0 Å². The molecule has 7 heteroatoms. The molecule has 1 N–H and O–H groups in total. The Bertz CT molecular complexity index is 1740. The van der Waals surface area contributed by atoms with Gasteiger partial charge in [0.25, 0.3) is 0 Å². The zero-order valence-electron chi connectivity index (χ0n) is 25.7. The summed E-state index contributed by atoms with van der Waals surface area (Å²) in [6.45, 7) is 10.5. The van der Waals surface area contributed by atoms with Crippen molar-refractivity contribution >= 4 is 28.9 Å². The van der Waals surface area contributed by atoms with Gasteiger partial charge in [-0.15, -0.1) is 0 Å². The van der Waals surface area contributed by atoms with Gasteiger partial charge in [-0.1, -0.05) is 48.0 Å². The van der Waals surface area contributed by atoms with Crippen molar-refractivity contribution < 1.29 is 14.3 Å². The number of carbonyl (C=O) groups is 2. The molecule has 1 aliphatic rings. The third-order valence-electron chi connectivity index (χ3n) is 8.31. The first kappa shape index (κ1) is 30.3. The van der Waals surface area contributed by atoms with Crippen molar-refractivity contribution in [2.24, 2.45) is 7.05 Å². The number of ether oxygens (including phenoxy) is 1. The Kier molecular flexibility index (Phi) is 8.88. The van der Waals surface area contributed by atoms with Gasteiger partial charge in [0.1, 0.15) is 5.75 Å². The first-order chi connectivity index (χ1) is 20.5. The Hall–Kier alpha value is -4.16. The molecule has 0 saturated carbocycles. The number of aryl methyl sites for hydroxylation is 4. The van der Waals surface area contributed by atoms with Crippen LogP contribution in [0.3, 0.4) is 0 Å². The Morgan fingerprint density at radius 2 is 1.70 bits per heavy atom. The highest BCUT2D eigenvalue weighted by atomic mass is 35.5. The predicted molar refractivity (Wildman–Crippen MR) is 173 cm³/mol. The molecule has 0 fully saturated rings. The zero-order valence-corrected chi connectivity index (χ0v) is 26.5. The number of hydrogen-bond acceptors (Lipinski definition) is 4. The van der Waals surface area contributed by atoms with Crippen molar-refractivity contribution in [3.05, 3.63) is 110 Å². The lowest BCUT2D eigenvalue weighted by molar-refractivity contribution is -0.117. The first-order valence-corrected chi connectivity index (χ1v) is 15.1. The van der Waals surface area contributed by atoms with Crippen LogP contribution in [0.5, 0.6) is 5.75 Å². The van der Waals surface area contributed by atoms with Crippen molar-refractivity contribution in [1.82, 2.24) is 15.1 Å². The maximum Gasteiger partial charge on any atom is 0.248 e. The lowest BCUT2D eigenvalue weighted by atomic mass is 9.93. The number of halogens is 1. The summed E-state index contributed by atoms with van der Waals surface area (Å²) in [5, 5.41) is 8.54. The maximum absolute atomic E-state index is 13.8. The van der Waals surface area contributed by atoms with Crippen molar-refractivity contribution in [3.63, 3.8) is 0 Å². The number of fused-ring (bicyclic) bond motifs is 1. The van der Waals surface area contributed by atoms with E-state index in [1.807, 2.05) is 62.8 Å². The lowest BCUT2D eigenvalue weighted by Crippen LogP contribution is -2.25. The van der Waals surface area contributed by atoms with E-state index in [9.17, 15) is 9.59 Å². The molecule has 1 aliphatic carbocycles. The van der Waals surface area contributed by atoms with Gasteiger partial charge in [0, 0.05) is 47.4 Å². The van der Waals surface area contributed by atoms with E-state index in [2.05, 4.69) is 35.5 Å². The summed E-state index contributed by atoms with van der Waals surface area (Å²) in [6.07, 6.45) is 2.00. The van der Waals surface area contributed by atoms with Crippen LogP contribution < -0.4 is 10.1 Å². The number of allylic oxidation sites excluding steroid dienone is 1. The normalized spacial score (nSPS) is 12.4. The van der Waals surface area contributed by atoms with Crippen molar-refractivity contribution in [2.75, 3.05) is 6.61 Å². The molecule has 6 nitrogen and oxygen atoms in total. The molecule has 0 atom stereocenters. The van der Waals surface area contributed by atoms with Gasteiger partial charge in [0.05, 0.1) is 12.3 Å². The van der Waals surface area contributed by atoms with Crippen LogP contribution in [0, 0.1) is 27.7 Å². The topological polar surface area (TPSA) is 73.2 Å². The fourth-order valence-corrected chi connectivity index (χ4v) is 6.13. The minimum Gasteiger partial charge on any atom is -0.494 e. The molecule has 1 heterocycles. The molecule has 1 amide bonds. The summed E-state index contributed by atoms with van der Waals surface area (Å²) >= 11 is 6.33. The van der Waals surface area contributed by atoms with Gasteiger partial charge in [-0.25, -0.2) is 0 Å². The van der Waals surface area contributed by atoms with E-state index in [-0.39, 0.29) is 11.7 Å². The molecule has 0 spiro atoms. The molecule has 3 aromatic carbocycles. The fourth-order valence-electron chi connectivity index (χ4n) is 6.02. The summed E-state index contributed by atoms with van der Waals surface area (Å²) in [7, 11) is 1.96. The van der Waals surface area contributed by atoms with Crippen molar-refractivity contribution in [2.45, 2.75) is 60.4 Å². The molecular formula is C36H38ClN3O3. The second kappa shape index (κ2) is 12.6. The lowest BCUT2D eigenvalue weighted by Gasteiger charge is -2.13. The zero-order chi connectivity index (χ0) is 30.8. The molecule has 0 unspecified atom stereocenters. The molecule has 0 saturated heterocycles. The summed E-state index contributed by atoms with van der Waals surface area (Å²) in [5.41, 5.74) is 11.9. The van der Waals surface area contributed by atoms with Crippen LogP contribution in [0.15, 0.2) is 60.2 Å². The van der Waals surface area contributed by atoms with Crippen LogP contribution in [0.25, 0.3) is 16.7 Å². The average molecular weight is 596 g/mol. The van der Waals surface area contributed by atoms with Crippen LogP contribution in [0.2, 0.25) is 5.02 Å². The highest BCUT2D eigenvalue weighted by molar-refractivity contribution is 6.32. The van der Waals surface area contributed by atoms with E-state index in [1.54, 1.807) is 13.0 Å². The molecule has 222 valence electrons. The number of hydrogen-bond donors (Lipinski definition) is 1. The summed E-state index contributed by atoms with van der Waals surface area (Å²) in [4.78, 5) is 25.6. The van der Waals surface area contributed by atoms with Crippen LogP contribution in [-0.4, -0.2) is 28.1 Å². The SMILES string of the molecule is CC(=O)c1cccc(CNC(=O)C2=C(CCCOc3cc(C)c(Cl)c(C)c3)c3cccc(-c4c(C)nn(C)c4C)c3C2)c1. The molecule has 0 radical (unpaired) electrons. The van der Waals surface area contributed by atoms with Crippen molar-refractivity contribution in [1.29, 1.82) is 0 Å². The molecule has 43 heavy (non-hydrogen) atoms. The molecule has 0 bridgehead atoms. The minimum atomic E-state index is -0.0881. The first-order valence-electron chi connectivity index (χ1n) is 14.7. The highest BCUT2D eigenvalue weighted by Gasteiger charge is 2.29. The van der Waals surface area contributed by atoms with Gasteiger partial charge >= 0.3 is 0 Å². The number of amides is 1. The second-order valence-corrected chi connectivity index (χ2v) is 11.8. The van der Waals surface area contributed by atoms with Gasteiger partial charge in [0.15, 0.2) is 5.78 Å². The van der Waals surface area contributed by atoms with Gasteiger partial charge in [-0.2, -0.15) is 5.10 Å².